The van der Waals surface area contributed by atoms with Gasteiger partial charge in [0, 0.05) is 23.1 Å². The van der Waals surface area contributed by atoms with Crippen molar-refractivity contribution in [1.82, 2.24) is 4.37 Å². The molecule has 2 rings (SSSR count). The van der Waals surface area contributed by atoms with Crippen LogP contribution in [-0.2, 0) is 0 Å². The molecule has 1 heterocycles. The first kappa shape index (κ1) is 11.2. The summed E-state index contributed by atoms with van der Waals surface area (Å²) in [4.78, 5) is 21.0. The van der Waals surface area contributed by atoms with Crippen molar-refractivity contribution in [3.63, 3.8) is 0 Å². The van der Waals surface area contributed by atoms with Gasteiger partial charge < -0.3 is 5.11 Å². The Morgan fingerprint density at radius 1 is 1.47 bits per heavy atom. The lowest BCUT2D eigenvalue weighted by atomic mass is 10.1. The molecule has 0 atom stereocenters. The molecule has 0 aliphatic rings. The predicted molar refractivity (Wildman–Crippen MR) is 61.2 cm³/mol. The number of hydrogen-bond acceptors (Lipinski definition) is 5. The summed E-state index contributed by atoms with van der Waals surface area (Å²) in [5.74, 6) is -1.10. The normalized spacial score (nSPS) is 10.1. The van der Waals surface area contributed by atoms with Crippen molar-refractivity contribution in [1.29, 1.82) is 0 Å². The topological polar surface area (TPSA) is 93.3 Å². The fourth-order valence-electron chi connectivity index (χ4n) is 1.36. The summed E-state index contributed by atoms with van der Waals surface area (Å²) in [7, 11) is 0. The van der Waals surface area contributed by atoms with E-state index in [1.165, 1.54) is 23.6 Å². The maximum absolute atomic E-state index is 10.9. The van der Waals surface area contributed by atoms with Crippen LogP contribution in [0.2, 0.25) is 0 Å². The van der Waals surface area contributed by atoms with E-state index in [1.54, 1.807) is 6.07 Å². The van der Waals surface area contributed by atoms with Gasteiger partial charge in [-0.05, 0) is 11.5 Å². The highest BCUT2D eigenvalue weighted by Crippen LogP contribution is 2.26. The lowest BCUT2D eigenvalue weighted by Crippen LogP contribution is -1.97. The van der Waals surface area contributed by atoms with Crippen LogP contribution in [0.1, 0.15) is 10.4 Å². The number of nitro benzene ring substituents is 1. The van der Waals surface area contributed by atoms with E-state index in [-0.39, 0.29) is 16.9 Å². The van der Waals surface area contributed by atoms with E-state index in [2.05, 4.69) is 4.37 Å². The van der Waals surface area contributed by atoms with Gasteiger partial charge in [-0.1, -0.05) is 12.1 Å². The van der Waals surface area contributed by atoms with Gasteiger partial charge in [0.1, 0.15) is 0 Å². The molecule has 86 valence electrons. The molecule has 0 saturated heterocycles. The highest BCUT2D eigenvalue weighted by Gasteiger charge is 2.16. The molecule has 0 radical (unpaired) electrons. The largest absolute Gasteiger partial charge is 0.478 e. The lowest BCUT2D eigenvalue weighted by Gasteiger charge is -1.98. The minimum atomic E-state index is -1.10. The van der Waals surface area contributed by atoms with Crippen LogP contribution in [0.5, 0.6) is 0 Å². The van der Waals surface area contributed by atoms with Crippen molar-refractivity contribution in [3.05, 3.63) is 45.3 Å². The number of carboxylic acids is 1. The second kappa shape index (κ2) is 4.30. The number of hydrogen-bond donors (Lipinski definition) is 1. The Kier molecular flexibility index (Phi) is 2.84. The van der Waals surface area contributed by atoms with Crippen LogP contribution in [-0.4, -0.2) is 20.4 Å². The maximum atomic E-state index is 10.9. The van der Waals surface area contributed by atoms with Gasteiger partial charge in [-0.3, -0.25) is 10.1 Å². The average molecular weight is 250 g/mol. The third-order valence-electron chi connectivity index (χ3n) is 2.13. The number of nitro groups is 1. The number of nitrogens with zero attached hydrogens (tertiary/aromatic N) is 2. The minimum Gasteiger partial charge on any atom is -0.478 e. The molecular weight excluding hydrogens is 244 g/mol. The summed E-state index contributed by atoms with van der Waals surface area (Å²) in [5.41, 5.74) is 0.645. The summed E-state index contributed by atoms with van der Waals surface area (Å²) < 4.78 is 3.95. The van der Waals surface area contributed by atoms with E-state index >= 15 is 0 Å². The van der Waals surface area contributed by atoms with Crippen LogP contribution in [0, 0.1) is 10.1 Å². The van der Waals surface area contributed by atoms with Crippen molar-refractivity contribution in [3.8, 4) is 11.3 Å². The Bertz CT molecular complexity index is 593. The third-order valence-corrected chi connectivity index (χ3v) is 2.76. The molecule has 0 unspecified atom stereocenters. The molecule has 0 saturated carbocycles. The van der Waals surface area contributed by atoms with Crippen molar-refractivity contribution >= 4 is 23.2 Å². The first-order chi connectivity index (χ1) is 8.09. The number of carbonyl (C=O) groups is 1. The summed E-state index contributed by atoms with van der Waals surface area (Å²) in [5, 5.41) is 20.9. The maximum Gasteiger partial charge on any atom is 0.338 e. The zero-order valence-electron chi connectivity index (χ0n) is 8.36. The van der Waals surface area contributed by atoms with Crippen molar-refractivity contribution in [2.75, 3.05) is 0 Å². The molecule has 7 heteroatoms. The van der Waals surface area contributed by atoms with Gasteiger partial charge in [0.25, 0.3) is 5.69 Å². The zero-order chi connectivity index (χ0) is 12.4. The smallest absolute Gasteiger partial charge is 0.338 e. The van der Waals surface area contributed by atoms with Gasteiger partial charge in [0.2, 0.25) is 0 Å². The number of rotatable bonds is 3. The molecule has 17 heavy (non-hydrogen) atoms. The van der Waals surface area contributed by atoms with Gasteiger partial charge in [-0.2, -0.15) is 4.37 Å². The third kappa shape index (κ3) is 2.13. The van der Waals surface area contributed by atoms with E-state index in [0.717, 1.165) is 11.5 Å². The van der Waals surface area contributed by atoms with Crippen LogP contribution in [0.15, 0.2) is 29.6 Å². The van der Waals surface area contributed by atoms with E-state index in [1.807, 2.05) is 0 Å². The van der Waals surface area contributed by atoms with Gasteiger partial charge in [0.15, 0.2) is 0 Å². The van der Waals surface area contributed by atoms with Crippen LogP contribution in [0.25, 0.3) is 11.3 Å². The summed E-state index contributed by atoms with van der Waals surface area (Å²) in [6.07, 6.45) is 0. The number of benzene rings is 1. The van der Waals surface area contributed by atoms with E-state index in [9.17, 15) is 14.9 Å². The first-order valence-electron chi connectivity index (χ1n) is 4.52. The van der Waals surface area contributed by atoms with Gasteiger partial charge >= 0.3 is 5.97 Å². The van der Waals surface area contributed by atoms with E-state index in [4.69, 9.17) is 5.11 Å². The summed E-state index contributed by atoms with van der Waals surface area (Å²) in [6.45, 7) is 0. The average Bonchev–Trinajstić information content (AvgIpc) is 2.78. The van der Waals surface area contributed by atoms with E-state index < -0.39 is 10.9 Å². The monoisotopic (exact) mass is 250 g/mol. The fraction of sp³-hybridized carbons (Fsp3) is 0. The number of non-ortho nitro benzene ring substituents is 1. The van der Waals surface area contributed by atoms with E-state index in [0.29, 0.717) is 5.56 Å². The summed E-state index contributed by atoms with van der Waals surface area (Å²) >= 11 is 1.00. The van der Waals surface area contributed by atoms with Crippen LogP contribution >= 0.6 is 11.5 Å². The Labute approximate surface area is 99.5 Å². The van der Waals surface area contributed by atoms with Crippen molar-refractivity contribution in [2.45, 2.75) is 0 Å². The Morgan fingerprint density at radius 2 is 2.24 bits per heavy atom. The van der Waals surface area contributed by atoms with Crippen LogP contribution in [0.4, 0.5) is 5.69 Å². The Morgan fingerprint density at radius 3 is 2.88 bits per heavy atom. The lowest BCUT2D eigenvalue weighted by molar-refractivity contribution is -0.384. The molecule has 1 N–H and O–H groups in total. The number of aromatic carboxylic acids is 1. The Hall–Kier alpha value is -2.28. The molecule has 0 bridgehead atoms. The molecule has 0 spiro atoms. The molecule has 0 aliphatic carbocycles. The first-order valence-corrected chi connectivity index (χ1v) is 5.35. The van der Waals surface area contributed by atoms with Crippen LogP contribution in [0.3, 0.4) is 0 Å². The molecule has 0 amide bonds. The second-order valence-corrected chi connectivity index (χ2v) is 3.82. The standard InChI is InChI=1S/C10H6N2O4S/c13-10(14)8-5-17-11-9(8)6-2-1-3-7(4-6)12(15)16/h1-5H,(H,13,14). The Balaban J connectivity index is 2.53. The molecule has 1 aromatic heterocycles. The van der Waals surface area contributed by atoms with Crippen LogP contribution < -0.4 is 0 Å². The minimum absolute atomic E-state index is 0.0514. The molecule has 2 aromatic rings. The van der Waals surface area contributed by atoms with Crippen molar-refractivity contribution in [2.24, 2.45) is 0 Å². The molecule has 1 aromatic carbocycles. The predicted octanol–water partition coefficient (Wildman–Crippen LogP) is 2.42. The highest BCUT2D eigenvalue weighted by atomic mass is 32.1. The van der Waals surface area contributed by atoms with Gasteiger partial charge in [0.05, 0.1) is 16.2 Å². The number of carboxylic acid groups (broad SMARTS) is 1. The van der Waals surface area contributed by atoms with Gasteiger partial charge in [-0.15, -0.1) is 0 Å². The molecule has 6 nitrogen and oxygen atoms in total. The molecule has 0 aliphatic heterocycles. The highest BCUT2D eigenvalue weighted by molar-refractivity contribution is 7.04. The van der Waals surface area contributed by atoms with Gasteiger partial charge in [-0.25, -0.2) is 4.79 Å². The second-order valence-electron chi connectivity index (χ2n) is 3.19. The SMILES string of the molecule is O=C(O)c1csnc1-c1cccc([N+](=O)[O-])c1. The van der Waals surface area contributed by atoms with Crippen molar-refractivity contribution < 1.29 is 14.8 Å². The summed E-state index contributed by atoms with van der Waals surface area (Å²) in [6, 6.07) is 5.74. The zero-order valence-corrected chi connectivity index (χ0v) is 9.18. The molecular formula is C10H6N2O4S. The fourth-order valence-corrected chi connectivity index (χ4v) is 2.04. The molecule has 0 fully saturated rings. The quantitative estimate of drug-likeness (QED) is 0.666. The number of aromatic nitrogens is 1.